The third kappa shape index (κ3) is 5.53. The van der Waals surface area contributed by atoms with E-state index in [0.717, 1.165) is 26.5 Å². The first kappa shape index (κ1) is 32.8. The van der Waals surface area contributed by atoms with Crippen molar-refractivity contribution in [2.24, 2.45) is 0 Å². The van der Waals surface area contributed by atoms with E-state index in [4.69, 9.17) is 34.8 Å². The normalized spacial score (nSPS) is 11.4. The average Bonchev–Trinajstić information content (AvgIpc) is 3.08. The molecule has 0 saturated carbocycles. The largest absolute Gasteiger partial charge is 0.426 e. The number of benzene rings is 6. The predicted octanol–water partition coefficient (Wildman–Crippen LogP) is 9.05. The van der Waals surface area contributed by atoms with Crippen molar-refractivity contribution in [3.63, 3.8) is 0 Å². The van der Waals surface area contributed by atoms with E-state index < -0.39 is 14.5 Å². The van der Waals surface area contributed by atoms with Crippen LogP contribution in [0.15, 0.2) is 164 Å². The van der Waals surface area contributed by atoms with E-state index >= 15 is 4.79 Å². The molecule has 217 valence electrons. The Labute approximate surface area is 288 Å². The van der Waals surface area contributed by atoms with Crippen molar-refractivity contribution in [3.05, 3.63) is 179 Å². The van der Waals surface area contributed by atoms with Gasteiger partial charge in [-0.2, -0.15) is 0 Å². The van der Waals surface area contributed by atoms with Crippen LogP contribution in [0.2, 0.25) is 15.1 Å². The SMILES string of the molecule is O=C([P+](c1ccccc1)(c1ccccc1)c1ccccc1)[P+](c1ccccc1)(c1ccccc1)c1ccc(Cl)c(Cl)c1Cl.[Re]. The molecule has 0 aliphatic rings. The van der Waals surface area contributed by atoms with Crippen molar-refractivity contribution in [1.29, 1.82) is 0 Å². The van der Waals surface area contributed by atoms with Gasteiger partial charge in [-0.05, 0) is 72.8 Å². The first-order valence-corrected chi connectivity index (χ1v) is 18.5. The molecular weight excluding hydrogens is 815 g/mol. The van der Waals surface area contributed by atoms with Crippen LogP contribution in [-0.4, -0.2) is 5.27 Å². The number of carbonyl (C=O) groups excluding carboxylic acids is 1. The van der Waals surface area contributed by atoms with Gasteiger partial charge in [0.25, 0.3) is 0 Å². The van der Waals surface area contributed by atoms with Crippen LogP contribution < -0.4 is 31.8 Å². The number of hydrogen-bond donors (Lipinski definition) is 0. The molecule has 7 heteroatoms. The molecule has 1 nitrogen and oxygen atoms in total. The third-order valence-electron chi connectivity index (χ3n) is 7.67. The Morgan fingerprint density at radius 3 is 1.00 bits per heavy atom. The van der Waals surface area contributed by atoms with Gasteiger partial charge >= 0.3 is 5.27 Å². The Morgan fingerprint density at radius 2 is 0.682 bits per heavy atom. The Hall–Kier alpha value is -2.62. The summed E-state index contributed by atoms with van der Waals surface area (Å²) in [6.45, 7) is 0. The molecule has 0 heterocycles. The van der Waals surface area contributed by atoms with Gasteiger partial charge in [0.05, 0.1) is 10.0 Å². The van der Waals surface area contributed by atoms with E-state index in [1.807, 2.05) is 121 Å². The van der Waals surface area contributed by atoms with Crippen LogP contribution in [0.5, 0.6) is 0 Å². The van der Waals surface area contributed by atoms with Crippen LogP contribution in [0.4, 0.5) is 4.79 Å². The zero-order valence-corrected chi connectivity index (χ0v) is 30.2. The summed E-state index contributed by atoms with van der Waals surface area (Å²) in [5.74, 6) is 0. The predicted molar refractivity (Wildman–Crippen MR) is 191 cm³/mol. The van der Waals surface area contributed by atoms with Crippen LogP contribution in [0.1, 0.15) is 0 Å². The first-order valence-electron chi connectivity index (χ1n) is 13.8. The van der Waals surface area contributed by atoms with Crippen molar-refractivity contribution in [2.45, 2.75) is 0 Å². The monoisotopic (exact) mass is 841 g/mol. The van der Waals surface area contributed by atoms with E-state index in [2.05, 4.69) is 36.4 Å². The van der Waals surface area contributed by atoms with Gasteiger partial charge in [-0.25, -0.2) is 4.79 Å². The molecule has 0 aromatic heterocycles. The quantitative estimate of drug-likeness (QED) is 0.111. The summed E-state index contributed by atoms with van der Waals surface area (Å²) in [6.07, 6.45) is 0. The molecule has 0 saturated heterocycles. The van der Waals surface area contributed by atoms with Crippen LogP contribution in [0.3, 0.4) is 0 Å². The summed E-state index contributed by atoms with van der Waals surface area (Å²) in [6, 6.07) is 54.3. The molecule has 0 spiro atoms. The number of halogens is 3. The maximum absolute atomic E-state index is 16.6. The fourth-order valence-corrected chi connectivity index (χ4v) is 17.5. The smallest absolute Gasteiger partial charge is 0.208 e. The Balaban J connectivity index is 0.00000384. The van der Waals surface area contributed by atoms with Crippen LogP contribution in [0.25, 0.3) is 0 Å². The van der Waals surface area contributed by atoms with Crippen molar-refractivity contribution in [3.8, 4) is 0 Å². The van der Waals surface area contributed by atoms with Crippen LogP contribution >= 0.6 is 49.3 Å². The van der Waals surface area contributed by atoms with Gasteiger partial charge in [-0.1, -0.05) is 126 Å². The van der Waals surface area contributed by atoms with Gasteiger partial charge in [0.2, 0.25) is 14.5 Å². The Kier molecular flexibility index (Phi) is 10.6. The number of carbonyl (C=O) groups is 1. The van der Waals surface area contributed by atoms with Gasteiger partial charge in [-0.15, -0.1) is 0 Å². The van der Waals surface area contributed by atoms with Crippen LogP contribution in [0, 0.1) is 0 Å². The molecule has 0 amide bonds. The average molecular weight is 842 g/mol. The Bertz CT molecular complexity index is 1720. The summed E-state index contributed by atoms with van der Waals surface area (Å²) in [5.41, 5.74) is 0. The minimum Gasteiger partial charge on any atom is -0.208 e. The topological polar surface area (TPSA) is 17.1 Å². The van der Waals surface area contributed by atoms with E-state index in [0.29, 0.717) is 15.3 Å². The molecule has 0 atom stereocenters. The fraction of sp³-hybridized carbons (Fsp3) is 0. The second-order valence-electron chi connectivity index (χ2n) is 10.00. The van der Waals surface area contributed by atoms with Crippen molar-refractivity contribution >= 4 is 86.4 Å². The zero-order valence-electron chi connectivity index (χ0n) is 23.4. The molecular formula is C37H27Cl3OP2Re+2. The van der Waals surface area contributed by atoms with Crippen molar-refractivity contribution < 1.29 is 25.2 Å². The van der Waals surface area contributed by atoms with E-state index in [9.17, 15) is 0 Å². The van der Waals surface area contributed by atoms with Crippen molar-refractivity contribution in [1.82, 2.24) is 0 Å². The second kappa shape index (κ2) is 14.2. The molecule has 44 heavy (non-hydrogen) atoms. The molecule has 6 aromatic carbocycles. The van der Waals surface area contributed by atoms with Gasteiger partial charge in [0, 0.05) is 20.4 Å². The van der Waals surface area contributed by atoms with Gasteiger partial charge in [0.15, 0.2) is 0 Å². The van der Waals surface area contributed by atoms with Crippen LogP contribution in [-0.2, 0) is 20.4 Å². The molecule has 0 unspecified atom stereocenters. The number of rotatable bonds is 8. The van der Waals surface area contributed by atoms with E-state index in [-0.39, 0.29) is 30.7 Å². The minimum absolute atomic E-state index is 0. The van der Waals surface area contributed by atoms with Gasteiger partial charge in [-0.3, -0.25) is 0 Å². The van der Waals surface area contributed by atoms with E-state index in [1.165, 1.54) is 0 Å². The van der Waals surface area contributed by atoms with Gasteiger partial charge in [0.1, 0.15) is 36.8 Å². The summed E-state index contributed by atoms with van der Waals surface area (Å²) >= 11 is 20.5. The first-order chi connectivity index (χ1) is 21.0. The zero-order chi connectivity index (χ0) is 29.9. The maximum Gasteiger partial charge on any atom is 0.426 e. The van der Waals surface area contributed by atoms with E-state index in [1.54, 1.807) is 6.07 Å². The molecule has 0 aliphatic carbocycles. The minimum atomic E-state index is -3.21. The van der Waals surface area contributed by atoms with Gasteiger partial charge < -0.3 is 0 Å². The van der Waals surface area contributed by atoms with Crippen molar-refractivity contribution in [2.75, 3.05) is 0 Å². The third-order valence-corrected chi connectivity index (χ3v) is 18.5. The molecule has 0 bridgehead atoms. The molecule has 0 fully saturated rings. The number of hydrogen-bond acceptors (Lipinski definition) is 1. The second-order valence-corrected chi connectivity index (χ2v) is 18.1. The summed E-state index contributed by atoms with van der Waals surface area (Å²) < 4.78 is 0. The molecule has 0 aliphatic heterocycles. The maximum atomic E-state index is 16.6. The summed E-state index contributed by atoms with van der Waals surface area (Å²) in [5, 5.41) is 6.44. The molecule has 6 aromatic rings. The fourth-order valence-electron chi connectivity index (χ4n) is 5.79. The molecule has 6 rings (SSSR count). The summed E-state index contributed by atoms with van der Waals surface area (Å²) in [4.78, 5) is 16.6. The summed E-state index contributed by atoms with van der Waals surface area (Å²) in [7, 11) is -6.24. The molecule has 1 radical (unpaired) electrons. The Morgan fingerprint density at radius 1 is 0.386 bits per heavy atom. The molecule has 0 N–H and O–H groups in total. The standard InChI is InChI=1S/C37H27Cl3OP2.Re/c38-33-26-27-34(36(40)35(33)39)43(31-22-12-4-13-23-31,32-24-14-5-15-25-32)37(41)42(28-16-6-1-7-17-28,29-18-8-2-9-19-29)30-20-10-3-11-21-30;/h1-27H;/q+2;.